The molecule has 4 rings (SSSR count). The third kappa shape index (κ3) is 7.53. The summed E-state index contributed by atoms with van der Waals surface area (Å²) in [6.07, 6.45) is 1.25. The molecule has 2 N–H and O–H groups in total. The Bertz CT molecular complexity index is 986. The normalized spacial score (nSPS) is 17.1. The van der Waals surface area contributed by atoms with Crippen molar-refractivity contribution in [2.24, 2.45) is 0 Å². The Labute approximate surface area is 214 Å². The first-order valence-electron chi connectivity index (χ1n) is 13.2. The van der Waals surface area contributed by atoms with Crippen LogP contribution in [0.1, 0.15) is 35.7 Å². The van der Waals surface area contributed by atoms with E-state index in [1.165, 1.54) is 5.56 Å². The van der Waals surface area contributed by atoms with Crippen LogP contribution in [0, 0.1) is 0 Å². The molecule has 0 saturated carbocycles. The van der Waals surface area contributed by atoms with Gasteiger partial charge in [0.25, 0.3) is 5.91 Å². The fraction of sp³-hybridized carbons (Fsp3) is 0.500. The predicted octanol–water partition coefficient (Wildman–Crippen LogP) is 2.81. The summed E-state index contributed by atoms with van der Waals surface area (Å²) in [5.74, 6) is -0.130. The van der Waals surface area contributed by atoms with Gasteiger partial charge < -0.3 is 20.3 Å². The van der Waals surface area contributed by atoms with Gasteiger partial charge in [0.1, 0.15) is 0 Å². The maximum absolute atomic E-state index is 13.3. The van der Waals surface area contributed by atoms with Gasteiger partial charge in [-0.05, 0) is 30.2 Å². The highest BCUT2D eigenvalue weighted by Gasteiger charge is 2.23. The Balaban J connectivity index is 1.41. The zero-order valence-electron chi connectivity index (χ0n) is 21.4. The van der Waals surface area contributed by atoms with E-state index < -0.39 is 0 Å². The zero-order valence-corrected chi connectivity index (χ0v) is 21.4. The largest absolute Gasteiger partial charge is 0.379 e. The number of rotatable bonds is 10. The first-order chi connectivity index (χ1) is 17.6. The van der Waals surface area contributed by atoms with Gasteiger partial charge in [-0.2, -0.15) is 0 Å². The van der Waals surface area contributed by atoms with Gasteiger partial charge in [0.2, 0.25) is 5.91 Å². The van der Waals surface area contributed by atoms with Crippen LogP contribution in [0.15, 0.2) is 48.5 Å². The number of hydrogen-bond acceptors (Lipinski definition) is 6. The summed E-state index contributed by atoms with van der Waals surface area (Å²) in [5.41, 5.74) is 3.52. The molecule has 0 bridgehead atoms. The van der Waals surface area contributed by atoms with E-state index in [9.17, 15) is 9.59 Å². The summed E-state index contributed by atoms with van der Waals surface area (Å²) in [6, 6.07) is 16.2. The van der Waals surface area contributed by atoms with Crippen molar-refractivity contribution < 1.29 is 14.3 Å². The molecule has 2 aliphatic rings. The lowest BCUT2D eigenvalue weighted by atomic mass is 10.1. The third-order valence-corrected chi connectivity index (χ3v) is 6.78. The Morgan fingerprint density at radius 3 is 2.39 bits per heavy atom. The van der Waals surface area contributed by atoms with Crippen LogP contribution in [0.25, 0.3) is 0 Å². The molecule has 194 valence electrons. The second kappa shape index (κ2) is 13.4. The quantitative estimate of drug-likeness (QED) is 0.530. The van der Waals surface area contributed by atoms with Gasteiger partial charge in [0.05, 0.1) is 18.8 Å². The summed E-state index contributed by atoms with van der Waals surface area (Å²) in [5, 5.41) is 6.04. The van der Waals surface area contributed by atoms with E-state index >= 15 is 0 Å². The maximum Gasteiger partial charge on any atom is 0.253 e. The molecule has 0 spiro atoms. The Morgan fingerprint density at radius 2 is 1.67 bits per heavy atom. The van der Waals surface area contributed by atoms with Crippen molar-refractivity contribution in [3.8, 4) is 0 Å². The molecule has 2 amide bonds. The third-order valence-electron chi connectivity index (χ3n) is 6.78. The fourth-order valence-corrected chi connectivity index (χ4v) is 4.76. The molecule has 2 aromatic carbocycles. The molecule has 2 heterocycles. The van der Waals surface area contributed by atoms with Crippen LogP contribution in [0.4, 0.5) is 11.4 Å². The minimum absolute atomic E-state index is 0.0292. The van der Waals surface area contributed by atoms with Crippen molar-refractivity contribution in [2.75, 3.05) is 75.8 Å². The molecule has 2 saturated heterocycles. The lowest BCUT2D eigenvalue weighted by Gasteiger charge is -2.37. The highest BCUT2D eigenvalue weighted by Crippen LogP contribution is 2.26. The van der Waals surface area contributed by atoms with Crippen LogP contribution in [0.3, 0.4) is 0 Å². The monoisotopic (exact) mass is 493 g/mol. The molecule has 0 radical (unpaired) electrons. The van der Waals surface area contributed by atoms with Crippen LogP contribution in [-0.4, -0.2) is 87.2 Å². The topological polar surface area (TPSA) is 77.2 Å². The van der Waals surface area contributed by atoms with Crippen LogP contribution in [-0.2, 0) is 16.1 Å². The predicted molar refractivity (Wildman–Crippen MR) is 144 cm³/mol. The number of nitrogens with one attached hydrogen (secondary N) is 2. The molecular formula is C28H39N5O3. The van der Waals surface area contributed by atoms with Gasteiger partial charge in [-0.1, -0.05) is 37.3 Å². The Hall–Kier alpha value is -2.94. The van der Waals surface area contributed by atoms with Gasteiger partial charge >= 0.3 is 0 Å². The average Bonchev–Trinajstić information content (AvgIpc) is 2.90. The first-order valence-corrected chi connectivity index (χ1v) is 13.2. The van der Waals surface area contributed by atoms with Crippen LogP contribution < -0.4 is 15.5 Å². The minimum Gasteiger partial charge on any atom is -0.379 e. The number of amides is 2. The average molecular weight is 494 g/mol. The molecule has 0 aromatic heterocycles. The number of morpholine rings is 1. The van der Waals surface area contributed by atoms with Crippen molar-refractivity contribution in [3.05, 3.63) is 59.7 Å². The maximum atomic E-state index is 13.3. The number of carbonyl (C=O) groups excluding carboxylic acids is 2. The van der Waals surface area contributed by atoms with E-state index in [1.54, 1.807) is 0 Å². The van der Waals surface area contributed by atoms with Crippen LogP contribution in [0.2, 0.25) is 0 Å². The van der Waals surface area contributed by atoms with Gasteiger partial charge in [0, 0.05) is 76.7 Å². The molecule has 8 heteroatoms. The van der Waals surface area contributed by atoms with E-state index in [0.717, 1.165) is 77.7 Å². The number of ether oxygens (including phenoxy) is 1. The number of hydrogen-bond donors (Lipinski definition) is 2. The molecule has 36 heavy (non-hydrogen) atoms. The smallest absolute Gasteiger partial charge is 0.253 e. The summed E-state index contributed by atoms with van der Waals surface area (Å²) < 4.78 is 5.41. The van der Waals surface area contributed by atoms with Crippen molar-refractivity contribution in [1.82, 2.24) is 15.1 Å². The van der Waals surface area contributed by atoms with Gasteiger partial charge in [-0.3, -0.25) is 19.4 Å². The highest BCUT2D eigenvalue weighted by molar-refractivity contribution is 6.02. The second-order valence-corrected chi connectivity index (χ2v) is 9.49. The number of piperazine rings is 1. The van der Waals surface area contributed by atoms with Gasteiger partial charge in [0.15, 0.2) is 0 Å². The molecule has 2 aromatic rings. The van der Waals surface area contributed by atoms with Crippen LogP contribution in [0.5, 0.6) is 0 Å². The van der Waals surface area contributed by atoms with Crippen molar-refractivity contribution in [1.29, 1.82) is 0 Å². The molecule has 2 fully saturated rings. The number of carbonyl (C=O) groups is 2. The van der Waals surface area contributed by atoms with Crippen molar-refractivity contribution in [2.45, 2.75) is 26.3 Å². The molecular weight excluding hydrogens is 454 g/mol. The zero-order chi connectivity index (χ0) is 25.2. The standard InChI is InChI=1S/C28H39N5O3/c1-2-6-27(34)30-24-9-10-26(25(21-24)28(35)29-11-12-31-17-19-36-20-18-31)33-15-13-32(14-16-33)22-23-7-4-3-5-8-23/h3-5,7-10,21H,2,6,11-20,22H2,1H3,(H,29,35)(H,30,34). The molecule has 2 aliphatic heterocycles. The summed E-state index contributed by atoms with van der Waals surface area (Å²) in [6.45, 7) is 11.1. The second-order valence-electron chi connectivity index (χ2n) is 9.49. The minimum atomic E-state index is -0.100. The SMILES string of the molecule is CCCC(=O)Nc1ccc(N2CCN(Cc3ccccc3)CC2)c(C(=O)NCCN2CCOCC2)c1. The number of benzene rings is 2. The fourth-order valence-electron chi connectivity index (χ4n) is 4.76. The molecule has 0 atom stereocenters. The van der Waals surface area contributed by atoms with E-state index in [1.807, 2.05) is 31.2 Å². The highest BCUT2D eigenvalue weighted by atomic mass is 16.5. The van der Waals surface area contributed by atoms with Gasteiger partial charge in [-0.25, -0.2) is 0 Å². The summed E-state index contributed by atoms with van der Waals surface area (Å²) in [4.78, 5) is 32.5. The van der Waals surface area contributed by atoms with E-state index in [2.05, 4.69) is 49.6 Å². The summed E-state index contributed by atoms with van der Waals surface area (Å²) in [7, 11) is 0. The van der Waals surface area contributed by atoms with Gasteiger partial charge in [-0.15, -0.1) is 0 Å². The summed E-state index contributed by atoms with van der Waals surface area (Å²) >= 11 is 0. The van der Waals surface area contributed by atoms with Crippen molar-refractivity contribution >= 4 is 23.2 Å². The van der Waals surface area contributed by atoms with Crippen molar-refractivity contribution in [3.63, 3.8) is 0 Å². The van der Waals surface area contributed by atoms with E-state index in [-0.39, 0.29) is 11.8 Å². The lowest BCUT2D eigenvalue weighted by Crippen LogP contribution is -2.46. The van der Waals surface area contributed by atoms with E-state index in [4.69, 9.17) is 4.74 Å². The van der Waals surface area contributed by atoms with Crippen LogP contribution >= 0.6 is 0 Å². The molecule has 8 nitrogen and oxygen atoms in total. The van der Waals surface area contributed by atoms with E-state index in [0.29, 0.717) is 24.2 Å². The molecule has 0 unspecified atom stereocenters. The Kier molecular flexibility index (Phi) is 9.72. The first kappa shape index (κ1) is 26.1. The Morgan fingerprint density at radius 1 is 0.917 bits per heavy atom. The molecule has 0 aliphatic carbocycles. The lowest BCUT2D eigenvalue weighted by molar-refractivity contribution is -0.116. The number of anilines is 2. The number of nitrogens with zero attached hydrogens (tertiary/aromatic N) is 3.